The summed E-state index contributed by atoms with van der Waals surface area (Å²) in [5.74, 6) is 4.40. The molecule has 0 atom stereocenters. The first-order valence-corrected chi connectivity index (χ1v) is 10.4. The van der Waals surface area contributed by atoms with Crippen molar-refractivity contribution in [3.05, 3.63) is 58.1 Å². The first-order valence-electron chi connectivity index (χ1n) is 10.0. The zero-order chi connectivity index (χ0) is 23.9. The van der Waals surface area contributed by atoms with Crippen LogP contribution in [0.5, 0.6) is 0 Å². The van der Waals surface area contributed by atoms with Gasteiger partial charge in [-0.3, -0.25) is 10.1 Å². The molecule has 1 aliphatic carbocycles. The van der Waals surface area contributed by atoms with E-state index in [4.69, 9.17) is 29.7 Å². The van der Waals surface area contributed by atoms with E-state index < -0.39 is 17.5 Å². The number of hydrogen-bond acceptors (Lipinski definition) is 9. The van der Waals surface area contributed by atoms with Gasteiger partial charge in [0.1, 0.15) is 23.4 Å². The molecule has 3 aromatic heterocycles. The van der Waals surface area contributed by atoms with Gasteiger partial charge < -0.3 is 23.2 Å². The van der Waals surface area contributed by atoms with Gasteiger partial charge in [-0.05, 0) is 31.8 Å². The molecule has 0 aliphatic heterocycles. The Labute approximate surface area is 196 Å². The average Bonchev–Trinajstić information content (AvgIpc) is 3.25. The van der Waals surface area contributed by atoms with Gasteiger partial charge in [0, 0.05) is 16.5 Å². The molecule has 2 N–H and O–H groups in total. The summed E-state index contributed by atoms with van der Waals surface area (Å²) >= 11 is 6.06. The third-order valence-electron chi connectivity index (χ3n) is 5.23. The molecule has 0 bridgehead atoms. The number of halogens is 1. The second-order valence-electron chi connectivity index (χ2n) is 7.55. The summed E-state index contributed by atoms with van der Waals surface area (Å²) < 4.78 is 21.3. The van der Waals surface area contributed by atoms with Crippen LogP contribution in [0.15, 0.2) is 37.6 Å². The molecule has 12 heteroatoms. The predicted molar refractivity (Wildman–Crippen MR) is 115 cm³/mol. The first-order chi connectivity index (χ1) is 16.4. The summed E-state index contributed by atoms with van der Waals surface area (Å²) in [5, 5.41) is 16.2. The van der Waals surface area contributed by atoms with Crippen molar-refractivity contribution in [2.45, 2.75) is 31.8 Å². The van der Waals surface area contributed by atoms with Crippen LogP contribution in [0.3, 0.4) is 0 Å². The molecule has 3 heterocycles. The standard InChI is InChI=1S/C22H15ClN4O7/c1-11-16(25-21(30)31-10-12-4-2-3-5-13(12)23)14(34-27-11)6-7-15-24-17-18(32-15)26-19(33-17)22(8-9-22)20(28)29/h2-5H,8-10H2,1H3,(H,25,30)(H,28,29). The van der Waals surface area contributed by atoms with Crippen LogP contribution in [0.2, 0.25) is 5.02 Å². The van der Waals surface area contributed by atoms with E-state index in [1.807, 2.05) is 0 Å². The monoisotopic (exact) mass is 482 g/mol. The van der Waals surface area contributed by atoms with Crippen molar-refractivity contribution in [1.29, 1.82) is 0 Å². The lowest BCUT2D eigenvalue weighted by atomic mass is 10.1. The normalized spacial score (nSPS) is 13.8. The van der Waals surface area contributed by atoms with E-state index in [2.05, 4.69) is 32.3 Å². The Bertz CT molecular complexity index is 1450. The van der Waals surface area contributed by atoms with Gasteiger partial charge in [0.2, 0.25) is 11.7 Å². The Morgan fingerprint density at radius 1 is 1.21 bits per heavy atom. The Morgan fingerprint density at radius 3 is 2.68 bits per heavy atom. The van der Waals surface area contributed by atoms with Gasteiger partial charge in [-0.25, -0.2) is 4.79 Å². The topological polar surface area (TPSA) is 154 Å². The summed E-state index contributed by atoms with van der Waals surface area (Å²) in [5.41, 5.74) is 0.249. The zero-order valence-corrected chi connectivity index (χ0v) is 18.3. The number of carbonyl (C=O) groups is 2. The molecule has 0 unspecified atom stereocenters. The minimum Gasteiger partial charge on any atom is -0.480 e. The third kappa shape index (κ3) is 3.95. The highest BCUT2D eigenvalue weighted by Gasteiger charge is 2.56. The lowest BCUT2D eigenvalue weighted by molar-refractivity contribution is -0.140. The van der Waals surface area contributed by atoms with Crippen molar-refractivity contribution >= 4 is 40.8 Å². The van der Waals surface area contributed by atoms with Gasteiger partial charge in [0.25, 0.3) is 17.3 Å². The summed E-state index contributed by atoms with van der Waals surface area (Å²) in [7, 11) is 0. The number of oxazole rings is 2. The zero-order valence-electron chi connectivity index (χ0n) is 17.5. The molecule has 1 saturated carbocycles. The minimum atomic E-state index is -1.10. The number of carboxylic acids is 1. The number of carbonyl (C=O) groups excluding carboxylic acids is 1. The highest BCUT2D eigenvalue weighted by molar-refractivity contribution is 6.31. The Balaban J connectivity index is 1.29. The minimum absolute atomic E-state index is 0.0234. The molecule has 4 aromatic rings. The molecule has 1 amide bonds. The Kier molecular flexibility index (Phi) is 5.22. The molecule has 1 aromatic carbocycles. The number of aromatic nitrogens is 3. The smallest absolute Gasteiger partial charge is 0.412 e. The van der Waals surface area contributed by atoms with Gasteiger partial charge in [0.05, 0.1) is 0 Å². The van der Waals surface area contributed by atoms with E-state index in [0.29, 0.717) is 29.1 Å². The number of aryl methyl sites for hydroxylation is 1. The fraction of sp³-hybridized carbons (Fsp3) is 0.227. The highest BCUT2D eigenvalue weighted by atomic mass is 35.5. The number of anilines is 1. The molecule has 0 spiro atoms. The van der Waals surface area contributed by atoms with Crippen LogP contribution < -0.4 is 5.32 Å². The Hall–Kier alpha value is -4.30. The van der Waals surface area contributed by atoms with E-state index >= 15 is 0 Å². The lowest BCUT2D eigenvalue weighted by Gasteiger charge is -2.07. The number of hydrogen-bond donors (Lipinski definition) is 2. The van der Waals surface area contributed by atoms with Crippen molar-refractivity contribution in [2.75, 3.05) is 5.32 Å². The SMILES string of the molecule is Cc1noc(C#Cc2nc3oc(C4(C(=O)O)CC4)nc3o2)c1NC(=O)OCc1ccccc1Cl. The lowest BCUT2D eigenvalue weighted by Crippen LogP contribution is -2.19. The van der Waals surface area contributed by atoms with E-state index in [1.54, 1.807) is 31.2 Å². The number of rotatable bonds is 5. The predicted octanol–water partition coefficient (Wildman–Crippen LogP) is 4.03. The molecule has 0 radical (unpaired) electrons. The molecule has 5 rings (SSSR count). The van der Waals surface area contributed by atoms with E-state index in [1.165, 1.54) is 0 Å². The van der Waals surface area contributed by atoms with Crippen molar-refractivity contribution in [3.63, 3.8) is 0 Å². The molecule has 0 saturated heterocycles. The van der Waals surface area contributed by atoms with Crippen molar-refractivity contribution in [1.82, 2.24) is 15.1 Å². The molecule has 11 nitrogen and oxygen atoms in total. The van der Waals surface area contributed by atoms with Crippen LogP contribution in [-0.2, 0) is 21.6 Å². The fourth-order valence-corrected chi connectivity index (χ4v) is 3.34. The number of nitrogens with zero attached hydrogens (tertiary/aromatic N) is 3. The molecule has 1 aliphatic rings. The quantitative estimate of drug-likeness (QED) is 0.398. The summed E-state index contributed by atoms with van der Waals surface area (Å²) in [6.45, 7) is 1.60. The molecular formula is C22H15ClN4O7. The largest absolute Gasteiger partial charge is 0.480 e. The van der Waals surface area contributed by atoms with Gasteiger partial charge >= 0.3 is 12.1 Å². The number of amides is 1. The summed E-state index contributed by atoms with van der Waals surface area (Å²) in [6.07, 6.45) is 0.145. The second-order valence-corrected chi connectivity index (χ2v) is 7.96. The number of carboxylic acid groups (broad SMARTS) is 1. The van der Waals surface area contributed by atoms with Crippen LogP contribution in [-0.4, -0.2) is 32.3 Å². The van der Waals surface area contributed by atoms with Gasteiger partial charge in [-0.1, -0.05) is 35.0 Å². The molecule has 1 fully saturated rings. The summed E-state index contributed by atoms with van der Waals surface area (Å²) in [6, 6.07) is 7.00. The van der Waals surface area contributed by atoms with Crippen LogP contribution >= 0.6 is 11.6 Å². The van der Waals surface area contributed by atoms with E-state index in [9.17, 15) is 14.7 Å². The van der Waals surface area contributed by atoms with Crippen LogP contribution in [0.4, 0.5) is 10.5 Å². The number of fused-ring (bicyclic) bond motifs is 1. The number of aliphatic carboxylic acids is 1. The van der Waals surface area contributed by atoms with Gasteiger partial charge in [-0.2, -0.15) is 9.97 Å². The summed E-state index contributed by atoms with van der Waals surface area (Å²) in [4.78, 5) is 31.8. The maximum Gasteiger partial charge on any atom is 0.412 e. The first kappa shape index (κ1) is 21.5. The van der Waals surface area contributed by atoms with Crippen LogP contribution in [0.25, 0.3) is 11.4 Å². The van der Waals surface area contributed by atoms with Crippen molar-refractivity contribution < 1.29 is 32.8 Å². The number of nitrogens with one attached hydrogen (secondary N) is 1. The average molecular weight is 483 g/mol. The highest BCUT2D eigenvalue weighted by Crippen LogP contribution is 2.48. The van der Waals surface area contributed by atoms with Gasteiger partial charge in [-0.15, -0.1) is 0 Å². The molecular weight excluding hydrogens is 468 g/mol. The molecule has 34 heavy (non-hydrogen) atoms. The third-order valence-corrected chi connectivity index (χ3v) is 5.60. The maximum absolute atomic E-state index is 12.2. The van der Waals surface area contributed by atoms with Crippen LogP contribution in [0, 0.1) is 18.8 Å². The fourth-order valence-electron chi connectivity index (χ4n) is 3.15. The van der Waals surface area contributed by atoms with E-state index in [0.717, 1.165) is 0 Å². The second kappa shape index (κ2) is 8.24. The van der Waals surface area contributed by atoms with Crippen molar-refractivity contribution in [3.8, 4) is 11.8 Å². The Morgan fingerprint density at radius 2 is 1.97 bits per heavy atom. The van der Waals surface area contributed by atoms with Gasteiger partial charge in [0.15, 0.2) is 0 Å². The van der Waals surface area contributed by atoms with Crippen LogP contribution in [0.1, 0.15) is 41.6 Å². The number of benzene rings is 1. The number of ether oxygens (including phenoxy) is 1. The van der Waals surface area contributed by atoms with E-state index in [-0.39, 0.29) is 41.3 Å². The maximum atomic E-state index is 12.2. The van der Waals surface area contributed by atoms with Crippen molar-refractivity contribution in [2.24, 2.45) is 0 Å². The molecule has 172 valence electrons.